The number of nitriles is 2. The highest BCUT2D eigenvalue weighted by molar-refractivity contribution is 7.62. The van der Waals surface area contributed by atoms with Crippen molar-refractivity contribution in [1.29, 1.82) is 10.5 Å². The molecule has 0 saturated carbocycles. The SMILES string of the molecule is C.CCCCN(CCCC)c1ccc(/C=C/c2ccc(/C=C/C#N)s2)c(OC)c1.CCCCN(CCCC)c1ccc(/C=C/c2ccc(C=O)s2)c(OC)c1.CP(C)(=O)CC#N. The van der Waals surface area contributed by atoms with Gasteiger partial charge in [-0.1, -0.05) is 60.8 Å². The van der Waals surface area contributed by atoms with E-state index in [0.29, 0.717) is 0 Å². The van der Waals surface area contributed by atoms with Crippen molar-refractivity contribution in [2.75, 3.05) is 69.7 Å². The minimum Gasteiger partial charge on any atom is -0.496 e. The molecule has 62 heavy (non-hydrogen) atoms. The molecule has 0 unspecified atom stereocenters. The summed E-state index contributed by atoms with van der Waals surface area (Å²) >= 11 is 3.15. The van der Waals surface area contributed by atoms with Crippen molar-refractivity contribution < 1.29 is 18.8 Å². The van der Waals surface area contributed by atoms with Crippen molar-refractivity contribution in [2.24, 2.45) is 0 Å². The Morgan fingerprint density at radius 2 is 1.00 bits per heavy atom. The van der Waals surface area contributed by atoms with Gasteiger partial charge in [0.25, 0.3) is 0 Å². The Bertz CT molecular complexity index is 2080. The molecule has 0 N–H and O–H groups in total. The molecule has 0 aliphatic rings. The molecular weight excluding hydrogens is 828 g/mol. The Morgan fingerprint density at radius 3 is 1.31 bits per heavy atom. The fraction of sp³-hybridized carbons (Fsp3) is 0.431. The van der Waals surface area contributed by atoms with Gasteiger partial charge in [-0.2, -0.15) is 10.5 Å². The van der Waals surface area contributed by atoms with E-state index < -0.39 is 7.14 Å². The number of thiophene rings is 2. The number of anilines is 2. The molecule has 11 heteroatoms. The van der Waals surface area contributed by atoms with Crippen LogP contribution in [-0.2, 0) is 4.57 Å². The summed E-state index contributed by atoms with van der Waals surface area (Å²) in [5, 5.41) is 16.6. The third kappa shape index (κ3) is 21.3. The Kier molecular flexibility index (Phi) is 28.4. The highest BCUT2D eigenvalue weighted by atomic mass is 32.1. The largest absolute Gasteiger partial charge is 0.496 e. The molecule has 2 aromatic carbocycles. The van der Waals surface area contributed by atoms with Gasteiger partial charge >= 0.3 is 0 Å². The highest BCUT2D eigenvalue weighted by Gasteiger charge is 2.11. The number of ether oxygens (including phenoxy) is 2. The molecule has 336 valence electrons. The third-order valence-electron chi connectivity index (χ3n) is 9.33. The van der Waals surface area contributed by atoms with Gasteiger partial charge in [0.1, 0.15) is 11.5 Å². The fourth-order valence-corrected chi connectivity index (χ4v) is 7.79. The van der Waals surface area contributed by atoms with Gasteiger partial charge in [0.05, 0.1) is 44.5 Å². The highest BCUT2D eigenvalue weighted by Crippen LogP contribution is 2.34. The fourth-order valence-electron chi connectivity index (χ4n) is 5.91. The number of carbonyl (C=O) groups is 1. The van der Waals surface area contributed by atoms with Gasteiger partial charge < -0.3 is 23.8 Å². The van der Waals surface area contributed by atoms with Gasteiger partial charge in [0.2, 0.25) is 0 Å². The predicted molar refractivity (Wildman–Crippen MR) is 273 cm³/mol. The zero-order valence-electron chi connectivity index (χ0n) is 37.7. The van der Waals surface area contributed by atoms with Gasteiger partial charge in [-0.25, -0.2) is 0 Å². The minimum absolute atomic E-state index is 0. The van der Waals surface area contributed by atoms with Crippen LogP contribution in [0, 0.1) is 22.7 Å². The zero-order chi connectivity index (χ0) is 44.9. The number of nitrogens with zero attached hydrogens (tertiary/aromatic N) is 4. The van der Waals surface area contributed by atoms with Crippen LogP contribution in [0.15, 0.2) is 66.7 Å². The van der Waals surface area contributed by atoms with Crippen molar-refractivity contribution in [2.45, 2.75) is 86.5 Å². The van der Waals surface area contributed by atoms with E-state index in [9.17, 15) is 9.36 Å². The Balaban J connectivity index is 0.000000531. The second kappa shape index (κ2) is 31.9. The number of hydrogen-bond acceptors (Lipinski definition) is 10. The maximum Gasteiger partial charge on any atom is 0.160 e. The number of unbranched alkanes of at least 4 members (excludes halogenated alkanes) is 4. The van der Waals surface area contributed by atoms with Crippen molar-refractivity contribution >= 4 is 77.9 Å². The number of rotatable bonds is 23. The molecule has 8 nitrogen and oxygen atoms in total. The third-order valence-corrected chi connectivity index (χ3v) is 12.2. The first-order valence-corrected chi connectivity index (χ1v) is 25.7. The number of hydrogen-bond donors (Lipinski definition) is 0. The number of benzene rings is 2. The first-order chi connectivity index (χ1) is 29.5. The van der Waals surface area contributed by atoms with E-state index in [1.165, 1.54) is 80.2 Å². The number of aldehydes is 1. The van der Waals surface area contributed by atoms with Crippen LogP contribution in [0.2, 0.25) is 0 Å². The molecule has 2 heterocycles. The van der Waals surface area contributed by atoms with E-state index in [4.69, 9.17) is 20.0 Å². The van der Waals surface area contributed by atoms with E-state index in [1.54, 1.807) is 38.9 Å². The average Bonchev–Trinajstić information content (AvgIpc) is 3.94. The lowest BCUT2D eigenvalue weighted by molar-refractivity contribution is 0.112. The molecule has 0 aliphatic heterocycles. The lowest BCUT2D eigenvalue weighted by Crippen LogP contribution is -2.25. The van der Waals surface area contributed by atoms with Crippen molar-refractivity contribution in [3.05, 3.63) is 97.4 Å². The van der Waals surface area contributed by atoms with Crippen molar-refractivity contribution in [3.8, 4) is 23.6 Å². The van der Waals surface area contributed by atoms with Crippen LogP contribution in [0.25, 0.3) is 30.4 Å². The van der Waals surface area contributed by atoms with Crippen LogP contribution in [0.1, 0.15) is 122 Å². The van der Waals surface area contributed by atoms with Crippen LogP contribution >= 0.6 is 29.8 Å². The first kappa shape index (κ1) is 55.2. The summed E-state index contributed by atoms with van der Waals surface area (Å²) in [4.78, 5) is 19.8. The zero-order valence-corrected chi connectivity index (χ0v) is 40.2. The smallest absolute Gasteiger partial charge is 0.160 e. The molecular formula is C51H71N4O4PS2. The van der Waals surface area contributed by atoms with E-state index in [0.717, 1.165) is 74.6 Å². The summed E-state index contributed by atoms with van der Waals surface area (Å²) in [7, 11) is 1.42. The summed E-state index contributed by atoms with van der Waals surface area (Å²) < 4.78 is 21.9. The minimum atomic E-state index is -2.03. The molecule has 4 aromatic rings. The second-order valence-electron chi connectivity index (χ2n) is 14.9. The summed E-state index contributed by atoms with van der Waals surface area (Å²) in [6, 6.07) is 24.7. The molecule has 0 radical (unpaired) electrons. The Labute approximate surface area is 382 Å². The monoisotopic (exact) mass is 898 g/mol. The normalized spacial score (nSPS) is 10.9. The molecule has 0 spiro atoms. The Morgan fingerprint density at radius 1 is 0.613 bits per heavy atom. The maximum absolute atomic E-state index is 10.8. The van der Waals surface area contributed by atoms with Crippen LogP contribution in [0.5, 0.6) is 11.5 Å². The van der Waals surface area contributed by atoms with Gasteiger partial charge in [-0.05, 0) is 118 Å². The summed E-state index contributed by atoms with van der Waals surface area (Å²) in [6.07, 6.45) is 22.3. The molecule has 0 saturated heterocycles. The summed E-state index contributed by atoms with van der Waals surface area (Å²) in [5.74, 6) is 1.77. The molecule has 4 rings (SSSR count). The summed E-state index contributed by atoms with van der Waals surface area (Å²) in [6.45, 7) is 16.5. The Hall–Kier alpha value is -4.86. The van der Waals surface area contributed by atoms with Gasteiger partial charge in [-0.3, -0.25) is 4.79 Å². The van der Waals surface area contributed by atoms with Crippen LogP contribution in [-0.4, -0.2) is 66.2 Å². The molecule has 0 atom stereocenters. The second-order valence-corrected chi connectivity index (χ2v) is 20.6. The van der Waals surface area contributed by atoms with Crippen LogP contribution in [0.3, 0.4) is 0 Å². The predicted octanol–water partition coefficient (Wildman–Crippen LogP) is 14.8. The number of methoxy groups -OCH3 is 2. The van der Waals surface area contributed by atoms with E-state index in [2.05, 4.69) is 92.1 Å². The van der Waals surface area contributed by atoms with Gasteiger partial charge in [0, 0.05) is 81.5 Å². The topological polar surface area (TPSA) is 107 Å². The number of allylic oxidation sites excluding steroid dienone is 1. The van der Waals surface area contributed by atoms with Crippen molar-refractivity contribution in [1.82, 2.24) is 0 Å². The average molecular weight is 899 g/mol. The lowest BCUT2D eigenvalue weighted by atomic mass is 10.1. The molecule has 0 fully saturated rings. The first-order valence-electron chi connectivity index (χ1n) is 21.3. The molecule has 0 amide bonds. The van der Waals surface area contributed by atoms with Crippen molar-refractivity contribution in [3.63, 3.8) is 0 Å². The quantitative estimate of drug-likeness (QED) is 0.0412. The summed E-state index contributed by atoms with van der Waals surface area (Å²) in [5.41, 5.74) is 4.57. The van der Waals surface area contributed by atoms with Gasteiger partial charge in [0.15, 0.2) is 6.29 Å². The molecule has 0 aliphatic carbocycles. The van der Waals surface area contributed by atoms with E-state index in [1.807, 2.05) is 48.6 Å². The van der Waals surface area contributed by atoms with Gasteiger partial charge in [-0.15, -0.1) is 22.7 Å². The standard InChI is InChI=1S/C24H30N2OS.C22H29NO2S.C4H8NOP.CH4/c1-4-6-17-26(18-7-5-2)21-12-10-20(24(19-21)27-3)11-13-23-15-14-22(28-23)9-8-16-25;1-4-6-14-23(15-7-5-2)19-10-8-18(22(16-19)25-3)9-11-20-12-13-21(17-24)26-20;1-7(2,6)4-3-5;/h8-15,19H,4-7,17-18H2,1-3H3;8-13,16-17H,4-7,14-15H2,1-3H3;4H2,1-2H3;1H4/b9-8+,13-11+;11-9+;;. The number of carbonyl (C=O) groups excluding carboxylic acids is 1. The van der Waals surface area contributed by atoms with E-state index in [-0.39, 0.29) is 13.6 Å². The molecule has 2 aromatic heterocycles. The van der Waals surface area contributed by atoms with Crippen LogP contribution in [0.4, 0.5) is 11.4 Å². The maximum atomic E-state index is 10.8. The lowest BCUT2D eigenvalue weighted by Gasteiger charge is -2.25. The van der Waals surface area contributed by atoms with Crippen LogP contribution < -0.4 is 19.3 Å². The molecule has 0 bridgehead atoms. The van der Waals surface area contributed by atoms with E-state index >= 15 is 0 Å².